The van der Waals surface area contributed by atoms with Gasteiger partial charge in [0.15, 0.2) is 29.7 Å². The first-order valence-corrected chi connectivity index (χ1v) is 12.0. The number of hydrogen-bond donors (Lipinski definition) is 2. The van der Waals surface area contributed by atoms with E-state index in [4.69, 9.17) is 14.2 Å². The number of aromatic nitrogens is 3. The SMILES string of the molecule is COc1cc2ncc(=O)n(CCN3CCC(NCc4ccc5c(n4)NC(=O)CO5)CC3)c2cc1OC. The Kier molecular flexibility index (Phi) is 7.01. The number of hydrogen-bond acceptors (Lipinski definition) is 9. The van der Waals surface area contributed by atoms with Crippen LogP contribution in [0.2, 0.25) is 0 Å². The third-order valence-electron chi connectivity index (χ3n) is 6.68. The van der Waals surface area contributed by atoms with Crippen LogP contribution in [0.5, 0.6) is 17.2 Å². The summed E-state index contributed by atoms with van der Waals surface area (Å²) in [6.07, 6.45) is 3.36. The van der Waals surface area contributed by atoms with Crippen LogP contribution < -0.4 is 30.4 Å². The summed E-state index contributed by atoms with van der Waals surface area (Å²) in [5.41, 5.74) is 2.15. The minimum atomic E-state index is -0.187. The summed E-state index contributed by atoms with van der Waals surface area (Å²) >= 11 is 0. The first kappa shape index (κ1) is 24.0. The number of nitrogens with zero attached hydrogens (tertiary/aromatic N) is 4. The van der Waals surface area contributed by atoms with Crippen LogP contribution in [0.3, 0.4) is 0 Å². The van der Waals surface area contributed by atoms with Crippen LogP contribution in [0.1, 0.15) is 18.5 Å². The zero-order valence-corrected chi connectivity index (χ0v) is 20.5. The molecular formula is C25H30N6O5. The Bertz CT molecular complexity index is 1320. The van der Waals surface area contributed by atoms with Crippen molar-refractivity contribution in [2.24, 2.45) is 0 Å². The number of nitrogens with one attached hydrogen (secondary N) is 2. The Labute approximate surface area is 208 Å². The molecule has 0 aliphatic carbocycles. The minimum absolute atomic E-state index is 0.0276. The largest absolute Gasteiger partial charge is 0.493 e. The van der Waals surface area contributed by atoms with E-state index >= 15 is 0 Å². The van der Waals surface area contributed by atoms with E-state index < -0.39 is 0 Å². The molecule has 0 radical (unpaired) electrons. The quantitative estimate of drug-likeness (QED) is 0.479. The number of ether oxygens (including phenoxy) is 3. The standard InChI is InChI=1S/C25H30N6O5/c1-34-21-11-18-19(12-22(21)35-2)31(24(33)14-27-18)10-9-30-7-5-16(6-8-30)26-13-17-3-4-20-25(28-17)29-23(32)15-36-20/h3-4,11-12,14,16,26H,5-10,13,15H2,1-2H3,(H,28,29,32). The molecule has 0 atom stereocenters. The van der Waals surface area contributed by atoms with Crippen molar-refractivity contribution in [3.8, 4) is 17.2 Å². The lowest BCUT2D eigenvalue weighted by Gasteiger charge is -2.32. The van der Waals surface area contributed by atoms with Gasteiger partial charge in [-0.15, -0.1) is 0 Å². The van der Waals surface area contributed by atoms with Crippen molar-refractivity contribution in [1.29, 1.82) is 0 Å². The predicted molar refractivity (Wildman–Crippen MR) is 134 cm³/mol. The van der Waals surface area contributed by atoms with Crippen LogP contribution in [0, 0.1) is 0 Å². The smallest absolute Gasteiger partial charge is 0.269 e. The zero-order chi connectivity index (χ0) is 25.1. The van der Waals surface area contributed by atoms with Gasteiger partial charge in [-0.05, 0) is 38.1 Å². The highest BCUT2D eigenvalue weighted by atomic mass is 16.5. The molecule has 0 saturated carbocycles. The van der Waals surface area contributed by atoms with Gasteiger partial charge in [-0.2, -0.15) is 0 Å². The second-order valence-electron chi connectivity index (χ2n) is 8.93. The number of likely N-dealkylation sites (tertiary alicyclic amines) is 1. The second kappa shape index (κ2) is 10.5. The minimum Gasteiger partial charge on any atom is -0.493 e. The van der Waals surface area contributed by atoms with E-state index in [2.05, 4.69) is 25.5 Å². The highest BCUT2D eigenvalue weighted by molar-refractivity contribution is 5.94. The Hall–Kier alpha value is -3.70. The molecule has 0 unspecified atom stereocenters. The van der Waals surface area contributed by atoms with Crippen LogP contribution in [-0.4, -0.2) is 71.8 Å². The van der Waals surface area contributed by atoms with Crippen LogP contribution in [-0.2, 0) is 17.9 Å². The maximum atomic E-state index is 12.6. The van der Waals surface area contributed by atoms with Gasteiger partial charge in [0, 0.05) is 37.8 Å². The summed E-state index contributed by atoms with van der Waals surface area (Å²) in [7, 11) is 3.16. The number of amides is 1. The molecule has 2 aliphatic heterocycles. The number of anilines is 1. The van der Waals surface area contributed by atoms with Gasteiger partial charge in [0.25, 0.3) is 11.5 Å². The van der Waals surface area contributed by atoms with E-state index in [1.54, 1.807) is 24.9 Å². The maximum Gasteiger partial charge on any atom is 0.269 e. The van der Waals surface area contributed by atoms with Crippen LogP contribution >= 0.6 is 0 Å². The van der Waals surface area contributed by atoms with Crippen molar-refractivity contribution in [2.45, 2.75) is 32.0 Å². The van der Waals surface area contributed by atoms with Gasteiger partial charge >= 0.3 is 0 Å². The molecule has 1 amide bonds. The molecule has 2 aliphatic rings. The van der Waals surface area contributed by atoms with Gasteiger partial charge in [0.1, 0.15) is 0 Å². The van der Waals surface area contributed by atoms with Crippen molar-refractivity contribution >= 4 is 22.8 Å². The lowest BCUT2D eigenvalue weighted by molar-refractivity contribution is -0.118. The van der Waals surface area contributed by atoms with Crippen LogP contribution in [0.25, 0.3) is 11.0 Å². The summed E-state index contributed by atoms with van der Waals surface area (Å²) in [5, 5.41) is 6.32. The molecule has 11 nitrogen and oxygen atoms in total. The lowest BCUT2D eigenvalue weighted by atomic mass is 10.0. The van der Waals surface area contributed by atoms with E-state index in [1.165, 1.54) is 6.20 Å². The molecule has 4 heterocycles. The Morgan fingerprint density at radius 3 is 2.67 bits per heavy atom. The van der Waals surface area contributed by atoms with E-state index in [0.717, 1.165) is 43.7 Å². The number of methoxy groups -OCH3 is 2. The Morgan fingerprint density at radius 1 is 1.11 bits per heavy atom. The monoisotopic (exact) mass is 494 g/mol. The molecule has 0 spiro atoms. The fourth-order valence-electron chi connectivity index (χ4n) is 4.67. The molecule has 2 aromatic heterocycles. The van der Waals surface area contributed by atoms with Gasteiger partial charge in [-0.25, -0.2) is 9.97 Å². The summed E-state index contributed by atoms with van der Waals surface area (Å²) < 4.78 is 17.9. The van der Waals surface area contributed by atoms with Crippen molar-refractivity contribution in [2.75, 3.05) is 45.8 Å². The van der Waals surface area contributed by atoms with Crippen molar-refractivity contribution in [1.82, 2.24) is 24.8 Å². The van der Waals surface area contributed by atoms with Gasteiger partial charge in [-0.3, -0.25) is 9.59 Å². The van der Waals surface area contributed by atoms with Gasteiger partial charge in [-0.1, -0.05) is 0 Å². The molecule has 5 rings (SSSR count). The average molecular weight is 495 g/mol. The molecule has 36 heavy (non-hydrogen) atoms. The van der Waals surface area contributed by atoms with Crippen LogP contribution in [0.4, 0.5) is 5.82 Å². The summed E-state index contributed by atoms with van der Waals surface area (Å²) in [4.78, 5) is 35.3. The third kappa shape index (κ3) is 5.12. The van der Waals surface area contributed by atoms with E-state index in [0.29, 0.717) is 47.7 Å². The first-order chi connectivity index (χ1) is 17.5. The fraction of sp³-hybridized carbons (Fsp3) is 0.440. The normalized spacial score (nSPS) is 16.3. The molecule has 11 heteroatoms. The van der Waals surface area contributed by atoms with Gasteiger partial charge in [0.2, 0.25) is 0 Å². The van der Waals surface area contributed by atoms with Gasteiger partial charge in [0.05, 0.1) is 37.1 Å². The number of carbonyl (C=O) groups is 1. The van der Waals surface area contributed by atoms with Crippen molar-refractivity contribution in [3.05, 3.63) is 46.5 Å². The number of benzene rings is 1. The lowest BCUT2D eigenvalue weighted by Crippen LogP contribution is -2.43. The summed E-state index contributed by atoms with van der Waals surface area (Å²) in [6.45, 7) is 3.87. The van der Waals surface area contributed by atoms with Crippen LogP contribution in [0.15, 0.2) is 35.3 Å². The molecule has 3 aromatic rings. The second-order valence-corrected chi connectivity index (χ2v) is 8.93. The Morgan fingerprint density at radius 2 is 1.89 bits per heavy atom. The summed E-state index contributed by atoms with van der Waals surface area (Å²) in [5.74, 6) is 2.05. The van der Waals surface area contributed by atoms with E-state index in [9.17, 15) is 9.59 Å². The number of piperidine rings is 1. The molecule has 2 N–H and O–H groups in total. The first-order valence-electron chi connectivity index (χ1n) is 12.0. The number of fused-ring (bicyclic) bond motifs is 2. The van der Waals surface area contributed by atoms with Gasteiger partial charge < -0.3 is 34.3 Å². The zero-order valence-electron chi connectivity index (χ0n) is 20.5. The predicted octanol–water partition coefficient (Wildman–Crippen LogP) is 1.39. The highest BCUT2D eigenvalue weighted by Gasteiger charge is 2.21. The molecular weight excluding hydrogens is 464 g/mol. The number of pyridine rings is 1. The summed E-state index contributed by atoms with van der Waals surface area (Å²) in [6, 6.07) is 7.74. The number of rotatable bonds is 8. The van der Waals surface area contributed by atoms with E-state index in [-0.39, 0.29) is 18.1 Å². The molecule has 1 aromatic carbocycles. The molecule has 1 saturated heterocycles. The van der Waals surface area contributed by atoms with E-state index in [1.807, 2.05) is 18.2 Å². The highest BCUT2D eigenvalue weighted by Crippen LogP contribution is 2.30. The average Bonchev–Trinajstić information content (AvgIpc) is 2.91. The van der Waals surface area contributed by atoms with Crippen molar-refractivity contribution in [3.63, 3.8) is 0 Å². The molecule has 190 valence electrons. The molecule has 0 bridgehead atoms. The maximum absolute atomic E-state index is 12.6. The Balaban J connectivity index is 1.15. The van der Waals surface area contributed by atoms with Crippen molar-refractivity contribution < 1.29 is 19.0 Å². The molecule has 1 fully saturated rings. The number of carbonyl (C=O) groups excluding carboxylic acids is 1. The fourth-order valence-corrected chi connectivity index (χ4v) is 4.67. The third-order valence-corrected chi connectivity index (χ3v) is 6.68. The topological polar surface area (TPSA) is 120 Å².